The van der Waals surface area contributed by atoms with E-state index in [2.05, 4.69) is 15.2 Å². The third-order valence-electron chi connectivity index (χ3n) is 4.05. The van der Waals surface area contributed by atoms with Crippen LogP contribution in [0.2, 0.25) is 5.02 Å². The number of halogens is 1. The van der Waals surface area contributed by atoms with E-state index in [4.69, 9.17) is 11.6 Å². The Morgan fingerprint density at radius 3 is 2.64 bits per heavy atom. The highest BCUT2D eigenvalue weighted by atomic mass is 35.5. The summed E-state index contributed by atoms with van der Waals surface area (Å²) >= 11 is 6.27. The predicted molar refractivity (Wildman–Crippen MR) is 83.3 cm³/mol. The molecule has 1 aromatic heterocycles. The zero-order valence-electron chi connectivity index (χ0n) is 12.1. The van der Waals surface area contributed by atoms with Crippen molar-refractivity contribution < 1.29 is 4.92 Å². The number of anilines is 1. The largest absolute Gasteiger partial charge is 0.370 e. The van der Waals surface area contributed by atoms with Gasteiger partial charge in [0.25, 0.3) is 5.69 Å². The van der Waals surface area contributed by atoms with Crippen molar-refractivity contribution in [3.63, 3.8) is 0 Å². The predicted octanol–water partition coefficient (Wildman–Crippen LogP) is 2.99. The van der Waals surface area contributed by atoms with Gasteiger partial charge < -0.3 is 4.90 Å². The molecular weight excluding hydrogens is 306 g/mol. The molecule has 116 valence electrons. The minimum absolute atomic E-state index is 0.0313. The smallest absolute Gasteiger partial charge is 0.271 e. The fraction of sp³-hybridized carbons (Fsp3) is 0.429. The van der Waals surface area contributed by atoms with Crippen LogP contribution >= 0.6 is 11.6 Å². The fourth-order valence-corrected chi connectivity index (χ4v) is 3.37. The second-order valence-corrected chi connectivity index (χ2v) is 5.86. The Morgan fingerprint density at radius 2 is 2.09 bits per heavy atom. The first-order chi connectivity index (χ1) is 10.6. The molecule has 2 heterocycles. The van der Waals surface area contributed by atoms with Gasteiger partial charge in [-0.15, -0.1) is 5.10 Å². The minimum Gasteiger partial charge on any atom is -0.370 e. The highest BCUT2D eigenvalue weighted by molar-refractivity contribution is 6.33. The average Bonchev–Trinajstić information content (AvgIpc) is 3.01. The van der Waals surface area contributed by atoms with Gasteiger partial charge >= 0.3 is 0 Å². The average molecular weight is 322 g/mol. The Balaban J connectivity index is 1.77. The molecule has 0 amide bonds. The molecule has 0 bridgehead atoms. The quantitative estimate of drug-likeness (QED) is 0.641. The van der Waals surface area contributed by atoms with E-state index >= 15 is 0 Å². The molecule has 0 spiro atoms. The van der Waals surface area contributed by atoms with Gasteiger partial charge in [0, 0.05) is 31.4 Å². The maximum Gasteiger partial charge on any atom is 0.271 e. The summed E-state index contributed by atoms with van der Waals surface area (Å²) in [5, 5.41) is 19.2. The summed E-state index contributed by atoms with van der Waals surface area (Å²) in [6.07, 6.45) is 5.44. The summed E-state index contributed by atoms with van der Waals surface area (Å²) in [4.78, 5) is 12.7. The number of aromatic nitrogens is 3. The first kappa shape index (κ1) is 14.8. The van der Waals surface area contributed by atoms with Gasteiger partial charge in [-0.2, -0.15) is 0 Å². The molecule has 0 aliphatic carbocycles. The van der Waals surface area contributed by atoms with Crippen LogP contribution in [0.5, 0.6) is 0 Å². The standard InChI is InChI=1S/C14H16ClN5O2/c1-10-8-12(20(21)22)9-13(15)14(10)18-5-2-11(3-6-18)19-7-4-16-17-19/h4,7-9,11H,2-3,5-6H2,1H3. The number of hydrogen-bond donors (Lipinski definition) is 0. The monoisotopic (exact) mass is 321 g/mol. The first-order valence-corrected chi connectivity index (χ1v) is 7.49. The van der Waals surface area contributed by atoms with Crippen LogP contribution in [0.15, 0.2) is 24.5 Å². The molecule has 0 atom stereocenters. The zero-order valence-corrected chi connectivity index (χ0v) is 12.9. The van der Waals surface area contributed by atoms with E-state index in [1.165, 1.54) is 6.07 Å². The molecule has 1 aliphatic rings. The van der Waals surface area contributed by atoms with Gasteiger partial charge in [-0.05, 0) is 25.3 Å². The minimum atomic E-state index is -0.417. The normalized spacial score (nSPS) is 16.0. The van der Waals surface area contributed by atoms with Crippen molar-refractivity contribution in [3.05, 3.63) is 45.2 Å². The van der Waals surface area contributed by atoms with E-state index in [1.54, 1.807) is 12.3 Å². The molecule has 7 nitrogen and oxygen atoms in total. The summed E-state index contributed by atoms with van der Waals surface area (Å²) in [6, 6.07) is 3.34. The second-order valence-electron chi connectivity index (χ2n) is 5.45. The topological polar surface area (TPSA) is 77.1 Å². The van der Waals surface area contributed by atoms with Crippen molar-refractivity contribution in [3.8, 4) is 0 Å². The molecule has 1 aliphatic heterocycles. The lowest BCUT2D eigenvalue weighted by Crippen LogP contribution is -2.35. The number of nitrogens with zero attached hydrogens (tertiary/aromatic N) is 5. The van der Waals surface area contributed by atoms with E-state index in [1.807, 2.05) is 17.8 Å². The first-order valence-electron chi connectivity index (χ1n) is 7.11. The van der Waals surface area contributed by atoms with Crippen molar-refractivity contribution in [2.75, 3.05) is 18.0 Å². The number of benzene rings is 1. The van der Waals surface area contributed by atoms with E-state index in [0.717, 1.165) is 37.2 Å². The van der Waals surface area contributed by atoms with Crippen LogP contribution in [0.3, 0.4) is 0 Å². The molecule has 0 saturated carbocycles. The van der Waals surface area contributed by atoms with Crippen LogP contribution in [-0.2, 0) is 0 Å². The van der Waals surface area contributed by atoms with Crippen molar-refractivity contribution in [1.29, 1.82) is 0 Å². The third-order valence-corrected chi connectivity index (χ3v) is 4.33. The van der Waals surface area contributed by atoms with Gasteiger partial charge in [0.1, 0.15) is 0 Å². The van der Waals surface area contributed by atoms with E-state index < -0.39 is 4.92 Å². The maximum absolute atomic E-state index is 10.9. The number of nitro groups is 1. The van der Waals surface area contributed by atoms with Crippen molar-refractivity contribution in [2.24, 2.45) is 0 Å². The van der Waals surface area contributed by atoms with Crippen LogP contribution in [0.4, 0.5) is 11.4 Å². The Morgan fingerprint density at radius 1 is 1.36 bits per heavy atom. The molecule has 0 N–H and O–H groups in total. The number of non-ortho nitro benzene ring substituents is 1. The summed E-state index contributed by atoms with van der Waals surface area (Å²) < 4.78 is 1.89. The Bertz CT molecular complexity index is 658. The number of piperidine rings is 1. The van der Waals surface area contributed by atoms with Crippen LogP contribution in [0.1, 0.15) is 24.4 Å². The number of aryl methyl sites for hydroxylation is 1. The highest BCUT2D eigenvalue weighted by Crippen LogP contribution is 2.36. The van der Waals surface area contributed by atoms with Gasteiger partial charge in [-0.25, -0.2) is 4.68 Å². The molecule has 0 radical (unpaired) electrons. The summed E-state index contributed by atoms with van der Waals surface area (Å²) in [7, 11) is 0. The molecule has 1 saturated heterocycles. The molecule has 0 unspecified atom stereocenters. The van der Waals surface area contributed by atoms with E-state index in [9.17, 15) is 10.1 Å². The van der Waals surface area contributed by atoms with Gasteiger partial charge in [0.2, 0.25) is 0 Å². The maximum atomic E-state index is 10.9. The zero-order chi connectivity index (χ0) is 15.7. The van der Waals surface area contributed by atoms with Crippen molar-refractivity contribution >= 4 is 23.0 Å². The molecule has 8 heteroatoms. The number of hydrogen-bond acceptors (Lipinski definition) is 5. The van der Waals surface area contributed by atoms with Crippen molar-refractivity contribution in [1.82, 2.24) is 15.0 Å². The van der Waals surface area contributed by atoms with Gasteiger partial charge in [0.15, 0.2) is 0 Å². The SMILES string of the molecule is Cc1cc([N+](=O)[O-])cc(Cl)c1N1CCC(n2ccnn2)CC1. The number of nitro benzene ring substituents is 1. The summed E-state index contributed by atoms with van der Waals surface area (Å²) in [6.45, 7) is 3.53. The van der Waals surface area contributed by atoms with Crippen LogP contribution in [0.25, 0.3) is 0 Å². The lowest BCUT2D eigenvalue weighted by molar-refractivity contribution is -0.384. The lowest BCUT2D eigenvalue weighted by atomic mass is 10.0. The summed E-state index contributed by atoms with van der Waals surface area (Å²) in [5.74, 6) is 0. The van der Waals surface area contributed by atoms with Gasteiger partial charge in [-0.1, -0.05) is 16.8 Å². The van der Waals surface area contributed by atoms with Crippen molar-refractivity contribution in [2.45, 2.75) is 25.8 Å². The Hall–Kier alpha value is -2.15. The van der Waals surface area contributed by atoms with Gasteiger partial charge in [-0.3, -0.25) is 10.1 Å². The van der Waals surface area contributed by atoms with Crippen LogP contribution in [0, 0.1) is 17.0 Å². The molecule has 1 aromatic carbocycles. The highest BCUT2D eigenvalue weighted by Gasteiger charge is 2.24. The number of rotatable bonds is 3. The summed E-state index contributed by atoms with van der Waals surface area (Å²) in [5.41, 5.74) is 1.76. The van der Waals surface area contributed by atoms with Gasteiger partial charge in [0.05, 0.1) is 27.9 Å². The molecule has 2 aromatic rings. The van der Waals surface area contributed by atoms with Crippen LogP contribution < -0.4 is 4.90 Å². The van der Waals surface area contributed by atoms with Crippen LogP contribution in [-0.4, -0.2) is 33.0 Å². The molecular formula is C14H16ClN5O2. The van der Waals surface area contributed by atoms with E-state index in [-0.39, 0.29) is 5.69 Å². The second kappa shape index (κ2) is 5.92. The third kappa shape index (κ3) is 2.76. The fourth-order valence-electron chi connectivity index (χ4n) is 2.99. The lowest BCUT2D eigenvalue weighted by Gasteiger charge is -2.34. The Labute approximate surface area is 132 Å². The van der Waals surface area contributed by atoms with E-state index in [0.29, 0.717) is 11.1 Å². The molecule has 3 rings (SSSR count). The molecule has 22 heavy (non-hydrogen) atoms. The Kier molecular flexibility index (Phi) is 3.98. The molecule has 1 fully saturated rings.